The molecule has 1 saturated carbocycles. The van der Waals surface area contributed by atoms with Gasteiger partial charge in [0.2, 0.25) is 0 Å². The highest BCUT2D eigenvalue weighted by Gasteiger charge is 2.27. The van der Waals surface area contributed by atoms with E-state index >= 15 is 0 Å². The van der Waals surface area contributed by atoms with E-state index in [1.165, 1.54) is 25.1 Å². The van der Waals surface area contributed by atoms with Gasteiger partial charge in [0.1, 0.15) is 12.0 Å². The molecule has 2 aromatic rings. The van der Waals surface area contributed by atoms with Crippen molar-refractivity contribution in [3.8, 4) is 5.69 Å². The summed E-state index contributed by atoms with van der Waals surface area (Å²) in [6.45, 7) is 2.45. The van der Waals surface area contributed by atoms with Gasteiger partial charge in [-0.25, -0.2) is 19.6 Å². The second-order valence-corrected chi connectivity index (χ2v) is 5.54. The summed E-state index contributed by atoms with van der Waals surface area (Å²) in [4.78, 5) is 34.5. The molecule has 3 rings (SSSR count). The van der Waals surface area contributed by atoms with Gasteiger partial charge < -0.3 is 4.90 Å². The zero-order valence-corrected chi connectivity index (χ0v) is 13.0. The highest BCUT2D eigenvalue weighted by atomic mass is 16.2. The average Bonchev–Trinajstić information content (AvgIpc) is 2.99. The van der Waals surface area contributed by atoms with E-state index in [2.05, 4.69) is 20.4 Å². The highest BCUT2D eigenvalue weighted by molar-refractivity contribution is 5.75. The van der Waals surface area contributed by atoms with Crippen molar-refractivity contribution in [2.75, 3.05) is 6.54 Å². The van der Waals surface area contributed by atoms with Gasteiger partial charge >= 0.3 is 11.7 Å². The van der Waals surface area contributed by atoms with Crippen LogP contribution in [-0.2, 0) is 0 Å². The van der Waals surface area contributed by atoms with Crippen LogP contribution in [0.1, 0.15) is 39.0 Å². The third kappa shape index (κ3) is 2.99. The maximum atomic E-state index is 12.7. The smallest absolute Gasteiger partial charge is 0.320 e. The minimum atomic E-state index is -0.612. The number of rotatable bonds is 3. The monoisotopic (exact) mass is 317 g/mol. The first kappa shape index (κ1) is 15.3. The molecule has 0 aromatic carbocycles. The van der Waals surface area contributed by atoms with Gasteiger partial charge in [-0.1, -0.05) is 19.3 Å². The van der Waals surface area contributed by atoms with Gasteiger partial charge in [-0.2, -0.15) is 4.68 Å². The maximum Gasteiger partial charge on any atom is 0.377 e. The Morgan fingerprint density at radius 1 is 1.22 bits per heavy atom. The summed E-state index contributed by atoms with van der Waals surface area (Å²) in [5, 5.41) is 7.48. The van der Waals surface area contributed by atoms with Gasteiger partial charge in [-0.15, -0.1) is 4.68 Å². The van der Waals surface area contributed by atoms with E-state index in [0.29, 0.717) is 12.2 Å². The van der Waals surface area contributed by atoms with E-state index < -0.39 is 11.7 Å². The molecule has 122 valence electrons. The first-order valence-electron chi connectivity index (χ1n) is 7.83. The molecule has 0 saturated heterocycles. The van der Waals surface area contributed by atoms with E-state index in [4.69, 9.17) is 0 Å². The molecule has 0 radical (unpaired) electrons. The zero-order chi connectivity index (χ0) is 16.2. The first-order valence-corrected chi connectivity index (χ1v) is 7.83. The molecule has 0 N–H and O–H groups in total. The molecule has 1 aliphatic carbocycles. The fourth-order valence-corrected chi connectivity index (χ4v) is 2.99. The summed E-state index contributed by atoms with van der Waals surface area (Å²) in [5.74, 6) is 0. The Hall–Kier alpha value is -2.58. The van der Waals surface area contributed by atoms with Crippen molar-refractivity contribution in [1.29, 1.82) is 0 Å². The number of aromatic nitrogens is 6. The maximum absolute atomic E-state index is 12.7. The average molecular weight is 317 g/mol. The van der Waals surface area contributed by atoms with Crippen LogP contribution in [0.4, 0.5) is 4.79 Å². The third-order valence-electron chi connectivity index (χ3n) is 4.16. The zero-order valence-electron chi connectivity index (χ0n) is 13.0. The minimum Gasteiger partial charge on any atom is -0.320 e. The highest BCUT2D eigenvalue weighted by Crippen LogP contribution is 2.22. The molecular weight excluding hydrogens is 298 g/mol. The van der Waals surface area contributed by atoms with Gasteiger partial charge in [0.25, 0.3) is 0 Å². The second kappa shape index (κ2) is 6.67. The van der Waals surface area contributed by atoms with Crippen molar-refractivity contribution in [1.82, 2.24) is 34.7 Å². The molecule has 2 aromatic heterocycles. The van der Waals surface area contributed by atoms with E-state index in [0.717, 1.165) is 35.0 Å². The molecule has 1 aliphatic rings. The Balaban J connectivity index is 1.87. The molecule has 0 aliphatic heterocycles. The van der Waals surface area contributed by atoms with E-state index in [9.17, 15) is 9.59 Å². The lowest BCUT2D eigenvalue weighted by atomic mass is 9.94. The van der Waals surface area contributed by atoms with Crippen LogP contribution in [0.25, 0.3) is 5.69 Å². The Kier molecular flexibility index (Phi) is 4.45. The molecule has 0 bridgehead atoms. The Morgan fingerprint density at radius 3 is 2.57 bits per heavy atom. The summed E-state index contributed by atoms with van der Waals surface area (Å²) in [7, 11) is 0. The number of carbonyl (C=O) groups excluding carboxylic acids is 1. The number of tetrazole rings is 1. The van der Waals surface area contributed by atoms with Gasteiger partial charge in [-0.3, -0.25) is 0 Å². The Bertz CT molecular complexity index is 718. The number of hydrogen-bond donors (Lipinski definition) is 0. The van der Waals surface area contributed by atoms with Crippen molar-refractivity contribution < 1.29 is 4.79 Å². The van der Waals surface area contributed by atoms with Gasteiger partial charge in [0.05, 0.1) is 12.4 Å². The van der Waals surface area contributed by atoms with Crippen LogP contribution in [0, 0.1) is 0 Å². The fourth-order valence-electron chi connectivity index (χ4n) is 2.99. The Morgan fingerprint density at radius 2 is 1.91 bits per heavy atom. The lowest BCUT2D eigenvalue weighted by molar-refractivity contribution is 0.157. The molecule has 0 atom stereocenters. The first-order chi connectivity index (χ1) is 11.2. The molecular formula is C14H19N7O2. The molecule has 9 nitrogen and oxygen atoms in total. The van der Waals surface area contributed by atoms with E-state index in [1.54, 1.807) is 4.90 Å². The fraction of sp³-hybridized carbons (Fsp3) is 0.571. The standard InChI is InChI=1S/C14H19N7O2/c1-2-19(11-6-4-3-5-7-11)13(22)21-14(23)20(17-18-21)12-8-15-10-16-9-12/h8-11H,2-7H2,1H3. The number of hydrogen-bond acceptors (Lipinski definition) is 6. The topological polar surface area (TPSA) is 98.8 Å². The third-order valence-corrected chi connectivity index (χ3v) is 4.16. The van der Waals surface area contributed by atoms with E-state index in [-0.39, 0.29) is 6.04 Å². The summed E-state index contributed by atoms with van der Waals surface area (Å²) < 4.78 is 1.83. The number of amides is 1. The van der Waals surface area contributed by atoms with Gasteiger partial charge in [0.15, 0.2) is 0 Å². The van der Waals surface area contributed by atoms with Crippen LogP contribution in [0.2, 0.25) is 0 Å². The largest absolute Gasteiger partial charge is 0.377 e. The van der Waals surface area contributed by atoms with Crippen molar-refractivity contribution in [2.45, 2.75) is 45.1 Å². The van der Waals surface area contributed by atoms with Crippen LogP contribution < -0.4 is 5.69 Å². The van der Waals surface area contributed by atoms with Gasteiger partial charge in [0, 0.05) is 12.6 Å². The SMILES string of the molecule is CCN(C(=O)n1nnn(-c2cncnc2)c1=O)C1CCCCC1. The minimum absolute atomic E-state index is 0.165. The van der Waals surface area contributed by atoms with E-state index in [1.807, 2.05) is 6.92 Å². The number of nitrogens with zero attached hydrogens (tertiary/aromatic N) is 7. The van der Waals surface area contributed by atoms with Crippen molar-refractivity contribution in [3.63, 3.8) is 0 Å². The predicted octanol–water partition coefficient (Wildman–Crippen LogP) is 0.842. The molecule has 2 heterocycles. The summed E-state index contributed by atoms with van der Waals surface area (Å²) in [5.41, 5.74) is -0.240. The molecule has 0 spiro atoms. The normalized spacial score (nSPS) is 15.5. The van der Waals surface area contributed by atoms with Crippen molar-refractivity contribution in [3.05, 3.63) is 29.2 Å². The van der Waals surface area contributed by atoms with Crippen LogP contribution in [0.3, 0.4) is 0 Å². The molecule has 9 heteroatoms. The lowest BCUT2D eigenvalue weighted by Gasteiger charge is -2.32. The second-order valence-electron chi connectivity index (χ2n) is 5.54. The van der Waals surface area contributed by atoms with Gasteiger partial charge in [-0.05, 0) is 30.2 Å². The summed E-state index contributed by atoms with van der Waals surface area (Å²) >= 11 is 0. The predicted molar refractivity (Wildman–Crippen MR) is 81.3 cm³/mol. The quantitative estimate of drug-likeness (QED) is 0.778. The molecule has 1 fully saturated rings. The lowest BCUT2D eigenvalue weighted by Crippen LogP contribution is -2.46. The van der Waals surface area contributed by atoms with Crippen LogP contribution in [0.5, 0.6) is 0 Å². The summed E-state index contributed by atoms with van der Waals surface area (Å²) in [6.07, 6.45) is 9.59. The Labute approximate surface area is 132 Å². The summed E-state index contributed by atoms with van der Waals surface area (Å²) in [6, 6.07) is -0.258. The van der Waals surface area contributed by atoms with Crippen LogP contribution >= 0.6 is 0 Å². The van der Waals surface area contributed by atoms with Crippen LogP contribution in [0.15, 0.2) is 23.5 Å². The molecule has 0 unspecified atom stereocenters. The molecule has 1 amide bonds. The van der Waals surface area contributed by atoms with Crippen molar-refractivity contribution in [2.24, 2.45) is 0 Å². The van der Waals surface area contributed by atoms with Crippen LogP contribution in [-0.4, -0.2) is 53.3 Å². The number of carbonyl (C=O) groups is 1. The molecule has 23 heavy (non-hydrogen) atoms. The van der Waals surface area contributed by atoms with Crippen molar-refractivity contribution >= 4 is 6.03 Å².